The summed E-state index contributed by atoms with van der Waals surface area (Å²) in [6, 6.07) is -0.383. The van der Waals surface area contributed by atoms with E-state index in [1.165, 1.54) is 24.9 Å². The highest BCUT2D eigenvalue weighted by molar-refractivity contribution is 5.80. The highest BCUT2D eigenvalue weighted by Gasteiger charge is 2.21. The first-order valence-corrected chi connectivity index (χ1v) is 6.94. The number of hydrogen-bond acceptors (Lipinski definition) is 4. The van der Waals surface area contributed by atoms with Gasteiger partial charge >= 0.3 is 12.0 Å². The number of urea groups is 1. The van der Waals surface area contributed by atoms with Crippen molar-refractivity contribution in [3.05, 3.63) is 0 Å². The topological polar surface area (TPSA) is 88.1 Å². The lowest BCUT2D eigenvalue weighted by atomic mass is 10.4. The van der Waals surface area contributed by atoms with Crippen molar-refractivity contribution in [2.24, 2.45) is 5.92 Å². The third-order valence-electron chi connectivity index (χ3n) is 2.97. The van der Waals surface area contributed by atoms with E-state index >= 15 is 0 Å². The Hall–Kier alpha value is -1.34. The molecule has 0 saturated heterocycles. The Kier molecular flexibility index (Phi) is 7.98. The van der Waals surface area contributed by atoms with Gasteiger partial charge in [-0.25, -0.2) is 4.79 Å². The van der Waals surface area contributed by atoms with Crippen LogP contribution in [0.15, 0.2) is 0 Å². The summed E-state index contributed by atoms with van der Waals surface area (Å²) >= 11 is 0. The zero-order valence-electron chi connectivity index (χ0n) is 12.0. The third kappa shape index (κ3) is 7.96. The molecule has 0 spiro atoms. The van der Waals surface area contributed by atoms with E-state index in [1.54, 1.807) is 0 Å². The van der Waals surface area contributed by atoms with Crippen molar-refractivity contribution in [2.45, 2.75) is 19.3 Å². The van der Waals surface area contributed by atoms with Crippen LogP contribution in [0.3, 0.4) is 0 Å². The molecule has 0 bridgehead atoms. The maximum Gasteiger partial charge on any atom is 0.323 e. The van der Waals surface area contributed by atoms with E-state index in [0.717, 1.165) is 18.9 Å². The lowest BCUT2D eigenvalue weighted by Crippen LogP contribution is -2.44. The molecule has 7 heteroatoms. The number of ether oxygens (including phenoxy) is 2. The van der Waals surface area contributed by atoms with Gasteiger partial charge in [-0.05, 0) is 25.2 Å². The van der Waals surface area contributed by atoms with Crippen LogP contribution in [0, 0.1) is 5.92 Å². The molecule has 0 heterocycles. The van der Waals surface area contributed by atoms with E-state index in [0.29, 0.717) is 19.8 Å². The number of carbonyl (C=O) groups is 2. The second-order valence-corrected chi connectivity index (χ2v) is 4.91. The van der Waals surface area contributed by atoms with Crippen LogP contribution in [0.2, 0.25) is 0 Å². The first kappa shape index (κ1) is 16.7. The standard InChI is InChI=1S/C13H24N2O5/c1-19-8-6-15(9-12(16)17)13(18)14-5-2-7-20-10-11-3-4-11/h11H,2-10H2,1H3,(H,14,18)(H,16,17). The summed E-state index contributed by atoms with van der Waals surface area (Å²) in [6.07, 6.45) is 3.25. The first-order valence-electron chi connectivity index (χ1n) is 6.94. The minimum Gasteiger partial charge on any atom is -0.480 e. The molecule has 1 aliphatic rings. The lowest BCUT2D eigenvalue weighted by molar-refractivity contribution is -0.137. The second-order valence-electron chi connectivity index (χ2n) is 4.91. The number of nitrogens with zero attached hydrogens (tertiary/aromatic N) is 1. The molecule has 0 aliphatic heterocycles. The summed E-state index contributed by atoms with van der Waals surface area (Å²) in [5, 5.41) is 11.4. The molecule has 20 heavy (non-hydrogen) atoms. The van der Waals surface area contributed by atoms with Gasteiger partial charge in [-0.2, -0.15) is 0 Å². The smallest absolute Gasteiger partial charge is 0.323 e. The predicted octanol–water partition coefficient (Wildman–Crippen LogP) is 0.546. The Labute approximate surface area is 119 Å². The van der Waals surface area contributed by atoms with Gasteiger partial charge in [-0.15, -0.1) is 0 Å². The van der Waals surface area contributed by atoms with Crippen LogP contribution in [0.1, 0.15) is 19.3 Å². The van der Waals surface area contributed by atoms with Crippen molar-refractivity contribution in [3.8, 4) is 0 Å². The minimum absolute atomic E-state index is 0.257. The Morgan fingerprint density at radius 2 is 2.10 bits per heavy atom. The molecule has 0 aromatic carbocycles. The predicted molar refractivity (Wildman–Crippen MR) is 72.6 cm³/mol. The van der Waals surface area contributed by atoms with Gasteiger partial charge in [-0.1, -0.05) is 0 Å². The second kappa shape index (κ2) is 9.55. The minimum atomic E-state index is -1.04. The van der Waals surface area contributed by atoms with Crippen LogP contribution in [0.5, 0.6) is 0 Å². The fourth-order valence-electron chi connectivity index (χ4n) is 1.63. The van der Waals surface area contributed by atoms with Crippen molar-refractivity contribution in [2.75, 3.05) is 46.6 Å². The Bertz CT molecular complexity index is 307. The summed E-state index contributed by atoms with van der Waals surface area (Å²) in [4.78, 5) is 23.7. The van der Waals surface area contributed by atoms with Gasteiger partial charge < -0.3 is 24.8 Å². The number of rotatable bonds is 11. The summed E-state index contributed by atoms with van der Waals surface area (Å²) in [5.74, 6) is -0.297. The largest absolute Gasteiger partial charge is 0.480 e. The van der Waals surface area contributed by atoms with Crippen LogP contribution in [-0.4, -0.2) is 68.6 Å². The van der Waals surface area contributed by atoms with E-state index in [-0.39, 0.29) is 19.1 Å². The molecule has 0 unspecified atom stereocenters. The molecular weight excluding hydrogens is 264 g/mol. The average Bonchev–Trinajstić information content (AvgIpc) is 3.22. The van der Waals surface area contributed by atoms with E-state index in [1.807, 2.05) is 0 Å². The number of carbonyl (C=O) groups excluding carboxylic acids is 1. The van der Waals surface area contributed by atoms with Gasteiger partial charge in [0.15, 0.2) is 0 Å². The molecule has 0 aromatic rings. The van der Waals surface area contributed by atoms with Gasteiger partial charge in [0.1, 0.15) is 6.54 Å². The zero-order valence-corrected chi connectivity index (χ0v) is 12.0. The summed E-state index contributed by atoms with van der Waals surface area (Å²) in [5.41, 5.74) is 0. The molecule has 1 aliphatic carbocycles. The first-order chi connectivity index (χ1) is 9.63. The highest BCUT2D eigenvalue weighted by Crippen LogP contribution is 2.28. The molecular formula is C13H24N2O5. The fraction of sp³-hybridized carbons (Fsp3) is 0.846. The van der Waals surface area contributed by atoms with Crippen LogP contribution in [0.4, 0.5) is 4.79 Å². The Morgan fingerprint density at radius 1 is 1.35 bits per heavy atom. The number of carboxylic acids is 1. The molecule has 2 amide bonds. The molecule has 1 saturated carbocycles. The number of nitrogens with one attached hydrogen (secondary N) is 1. The summed E-state index contributed by atoms with van der Waals surface area (Å²) in [7, 11) is 1.51. The average molecular weight is 288 g/mol. The van der Waals surface area contributed by atoms with Crippen molar-refractivity contribution in [1.82, 2.24) is 10.2 Å². The molecule has 2 N–H and O–H groups in total. The molecule has 7 nitrogen and oxygen atoms in total. The fourth-order valence-corrected chi connectivity index (χ4v) is 1.63. The molecule has 0 aromatic heterocycles. The van der Waals surface area contributed by atoms with Gasteiger partial charge in [0.05, 0.1) is 6.61 Å². The van der Waals surface area contributed by atoms with Crippen LogP contribution in [-0.2, 0) is 14.3 Å². The third-order valence-corrected chi connectivity index (χ3v) is 2.97. The van der Waals surface area contributed by atoms with E-state index in [4.69, 9.17) is 14.6 Å². The van der Waals surface area contributed by atoms with Gasteiger partial charge in [0.25, 0.3) is 0 Å². The van der Waals surface area contributed by atoms with Crippen molar-refractivity contribution >= 4 is 12.0 Å². The normalized spacial score (nSPS) is 14.1. The van der Waals surface area contributed by atoms with Gasteiger partial charge in [-0.3, -0.25) is 4.79 Å². The zero-order chi connectivity index (χ0) is 14.8. The number of methoxy groups -OCH3 is 1. The van der Waals surface area contributed by atoms with Gasteiger partial charge in [0.2, 0.25) is 0 Å². The summed E-state index contributed by atoms with van der Waals surface area (Å²) < 4.78 is 10.3. The van der Waals surface area contributed by atoms with Crippen molar-refractivity contribution in [3.63, 3.8) is 0 Å². The monoisotopic (exact) mass is 288 g/mol. The van der Waals surface area contributed by atoms with Gasteiger partial charge in [0, 0.05) is 33.4 Å². The van der Waals surface area contributed by atoms with Crippen LogP contribution in [0.25, 0.3) is 0 Å². The Morgan fingerprint density at radius 3 is 2.70 bits per heavy atom. The highest BCUT2D eigenvalue weighted by atomic mass is 16.5. The number of aliphatic carboxylic acids is 1. The van der Waals surface area contributed by atoms with Crippen molar-refractivity contribution in [1.29, 1.82) is 0 Å². The quantitative estimate of drug-likeness (QED) is 0.542. The molecule has 116 valence electrons. The van der Waals surface area contributed by atoms with E-state index in [2.05, 4.69) is 5.32 Å². The molecule has 1 rings (SSSR count). The van der Waals surface area contributed by atoms with Crippen molar-refractivity contribution < 1.29 is 24.2 Å². The SMILES string of the molecule is COCCN(CC(=O)O)C(=O)NCCCOCC1CC1. The van der Waals surface area contributed by atoms with E-state index < -0.39 is 5.97 Å². The Balaban J connectivity index is 2.10. The molecule has 0 radical (unpaired) electrons. The maximum absolute atomic E-state index is 11.8. The number of hydrogen-bond donors (Lipinski definition) is 2. The van der Waals surface area contributed by atoms with Crippen LogP contribution >= 0.6 is 0 Å². The number of amides is 2. The molecule has 0 atom stereocenters. The maximum atomic E-state index is 11.8. The number of carboxylic acid groups (broad SMARTS) is 1. The van der Waals surface area contributed by atoms with Crippen LogP contribution < -0.4 is 5.32 Å². The van der Waals surface area contributed by atoms with E-state index in [9.17, 15) is 9.59 Å². The molecule has 1 fully saturated rings. The summed E-state index contributed by atoms with van der Waals surface area (Å²) in [6.45, 7) is 2.15. The lowest BCUT2D eigenvalue weighted by Gasteiger charge is -2.20.